The van der Waals surface area contributed by atoms with Crippen molar-refractivity contribution < 1.29 is 4.74 Å². The van der Waals surface area contributed by atoms with Gasteiger partial charge in [-0.25, -0.2) is 0 Å². The van der Waals surface area contributed by atoms with Gasteiger partial charge >= 0.3 is 0 Å². The Labute approximate surface area is 128 Å². The van der Waals surface area contributed by atoms with Crippen LogP contribution in [0.4, 0.5) is 5.69 Å². The van der Waals surface area contributed by atoms with Crippen LogP contribution in [0.25, 0.3) is 0 Å². The minimum Gasteiger partial charge on any atom is -0.494 e. The van der Waals surface area contributed by atoms with Crippen LogP contribution in [-0.2, 0) is 0 Å². The summed E-state index contributed by atoms with van der Waals surface area (Å²) in [7, 11) is 0. The third kappa shape index (κ3) is 3.18. The van der Waals surface area contributed by atoms with Gasteiger partial charge in [0.2, 0.25) is 0 Å². The lowest BCUT2D eigenvalue weighted by atomic mass is 9.95. The maximum atomic E-state index is 5.68. The van der Waals surface area contributed by atoms with Crippen molar-refractivity contribution in [3.05, 3.63) is 24.3 Å². The number of nitrogens with zero attached hydrogens (tertiary/aromatic N) is 2. The molecule has 0 spiro atoms. The molecule has 3 rings (SSSR count). The standard InChI is InChI=1S/C18H28N2O/c1-3-15-13-19-11-6-5-8-17(19)14-20(15)16-9-7-10-18(12-16)21-4-2/h7,9-10,12,15,17H,3-6,8,11,13-14H2,1-2H3. The molecule has 21 heavy (non-hydrogen) atoms. The zero-order chi connectivity index (χ0) is 14.7. The third-order valence-corrected chi connectivity index (χ3v) is 4.97. The Hall–Kier alpha value is -1.22. The second-order valence-electron chi connectivity index (χ2n) is 6.29. The number of hydrogen-bond donors (Lipinski definition) is 0. The van der Waals surface area contributed by atoms with Crippen LogP contribution < -0.4 is 9.64 Å². The number of hydrogen-bond acceptors (Lipinski definition) is 3. The number of ether oxygens (including phenoxy) is 1. The Kier molecular flexibility index (Phi) is 4.69. The fraction of sp³-hybridized carbons (Fsp3) is 0.667. The van der Waals surface area contributed by atoms with Crippen LogP contribution in [0.3, 0.4) is 0 Å². The highest BCUT2D eigenvalue weighted by Crippen LogP contribution is 2.31. The molecule has 0 saturated carbocycles. The zero-order valence-electron chi connectivity index (χ0n) is 13.4. The summed E-state index contributed by atoms with van der Waals surface area (Å²) in [6, 6.07) is 10.0. The fourth-order valence-electron chi connectivity index (χ4n) is 3.84. The highest BCUT2D eigenvalue weighted by atomic mass is 16.5. The van der Waals surface area contributed by atoms with Gasteiger partial charge in [-0.1, -0.05) is 19.4 Å². The molecule has 2 aliphatic rings. The van der Waals surface area contributed by atoms with E-state index < -0.39 is 0 Å². The maximum Gasteiger partial charge on any atom is 0.121 e. The average molecular weight is 288 g/mol. The van der Waals surface area contributed by atoms with Crippen molar-refractivity contribution in [1.29, 1.82) is 0 Å². The summed E-state index contributed by atoms with van der Waals surface area (Å²) in [5.41, 5.74) is 1.33. The van der Waals surface area contributed by atoms with E-state index in [-0.39, 0.29) is 0 Å². The lowest BCUT2D eigenvalue weighted by Gasteiger charge is -2.49. The Morgan fingerprint density at radius 3 is 2.90 bits per heavy atom. The first-order valence-corrected chi connectivity index (χ1v) is 8.55. The number of rotatable bonds is 4. The van der Waals surface area contributed by atoms with Crippen LogP contribution in [-0.4, -0.2) is 43.2 Å². The predicted molar refractivity (Wildman–Crippen MR) is 88.2 cm³/mol. The second kappa shape index (κ2) is 6.69. The van der Waals surface area contributed by atoms with Crippen molar-refractivity contribution in [2.75, 3.05) is 31.1 Å². The van der Waals surface area contributed by atoms with E-state index in [4.69, 9.17) is 4.74 Å². The largest absolute Gasteiger partial charge is 0.494 e. The van der Waals surface area contributed by atoms with Crippen LogP contribution in [0, 0.1) is 0 Å². The van der Waals surface area contributed by atoms with Crippen molar-refractivity contribution in [3.8, 4) is 5.75 Å². The van der Waals surface area contributed by atoms with E-state index >= 15 is 0 Å². The van der Waals surface area contributed by atoms with Gasteiger partial charge in [-0.3, -0.25) is 4.90 Å². The molecule has 2 aliphatic heterocycles. The van der Waals surface area contributed by atoms with Crippen molar-refractivity contribution in [1.82, 2.24) is 4.90 Å². The molecule has 3 heteroatoms. The van der Waals surface area contributed by atoms with E-state index in [1.54, 1.807) is 0 Å². The first-order chi connectivity index (χ1) is 10.3. The Morgan fingerprint density at radius 2 is 2.10 bits per heavy atom. The number of piperazine rings is 1. The highest BCUT2D eigenvalue weighted by Gasteiger charge is 2.34. The number of benzene rings is 1. The van der Waals surface area contributed by atoms with E-state index in [1.165, 1.54) is 51.0 Å². The summed E-state index contributed by atoms with van der Waals surface area (Å²) in [6.07, 6.45) is 5.34. The van der Waals surface area contributed by atoms with Crippen LogP contribution in [0.1, 0.15) is 39.5 Å². The molecular formula is C18H28N2O. The van der Waals surface area contributed by atoms with Gasteiger partial charge in [0.25, 0.3) is 0 Å². The molecule has 2 atom stereocenters. The molecular weight excluding hydrogens is 260 g/mol. The smallest absolute Gasteiger partial charge is 0.121 e. The molecule has 0 bridgehead atoms. The van der Waals surface area contributed by atoms with Gasteiger partial charge in [-0.15, -0.1) is 0 Å². The van der Waals surface area contributed by atoms with Crippen LogP contribution in [0.2, 0.25) is 0 Å². The lowest BCUT2D eigenvalue weighted by molar-refractivity contribution is 0.111. The normalized spacial score (nSPS) is 26.5. The van der Waals surface area contributed by atoms with Gasteiger partial charge in [-0.05, 0) is 44.9 Å². The number of fused-ring (bicyclic) bond motifs is 1. The first kappa shape index (κ1) is 14.7. The molecule has 2 unspecified atom stereocenters. The monoisotopic (exact) mass is 288 g/mol. The average Bonchev–Trinajstić information content (AvgIpc) is 2.54. The molecule has 1 aromatic rings. The summed E-state index contributed by atoms with van der Waals surface area (Å²) in [6.45, 7) is 8.79. The molecule has 0 aromatic heterocycles. The summed E-state index contributed by atoms with van der Waals surface area (Å²) in [5.74, 6) is 0.996. The maximum absolute atomic E-state index is 5.68. The Morgan fingerprint density at radius 1 is 1.19 bits per heavy atom. The topological polar surface area (TPSA) is 15.7 Å². The zero-order valence-corrected chi connectivity index (χ0v) is 13.4. The molecule has 3 nitrogen and oxygen atoms in total. The summed E-state index contributed by atoms with van der Waals surface area (Å²) >= 11 is 0. The van der Waals surface area contributed by atoms with E-state index in [1.807, 2.05) is 6.92 Å². The van der Waals surface area contributed by atoms with Gasteiger partial charge in [0.05, 0.1) is 6.61 Å². The summed E-state index contributed by atoms with van der Waals surface area (Å²) in [5, 5.41) is 0. The van der Waals surface area contributed by atoms with Crippen molar-refractivity contribution in [3.63, 3.8) is 0 Å². The predicted octanol–water partition coefficient (Wildman–Crippen LogP) is 3.54. The van der Waals surface area contributed by atoms with E-state index in [0.717, 1.165) is 18.4 Å². The van der Waals surface area contributed by atoms with Crippen LogP contribution >= 0.6 is 0 Å². The molecule has 0 N–H and O–H groups in total. The van der Waals surface area contributed by atoms with Gasteiger partial charge < -0.3 is 9.64 Å². The minimum atomic E-state index is 0.635. The molecule has 2 fully saturated rings. The van der Waals surface area contributed by atoms with Crippen LogP contribution in [0.15, 0.2) is 24.3 Å². The molecule has 0 amide bonds. The summed E-state index contributed by atoms with van der Waals surface area (Å²) in [4.78, 5) is 5.34. The molecule has 116 valence electrons. The third-order valence-electron chi connectivity index (χ3n) is 4.97. The van der Waals surface area contributed by atoms with Gasteiger partial charge in [0, 0.05) is 36.9 Å². The molecule has 0 radical (unpaired) electrons. The minimum absolute atomic E-state index is 0.635. The summed E-state index contributed by atoms with van der Waals surface area (Å²) < 4.78 is 5.68. The van der Waals surface area contributed by atoms with Gasteiger partial charge in [0.1, 0.15) is 5.75 Å². The van der Waals surface area contributed by atoms with E-state index in [2.05, 4.69) is 41.0 Å². The first-order valence-electron chi connectivity index (χ1n) is 8.55. The van der Waals surface area contributed by atoms with Crippen LogP contribution in [0.5, 0.6) is 5.75 Å². The molecule has 0 aliphatic carbocycles. The highest BCUT2D eigenvalue weighted by molar-refractivity contribution is 5.52. The van der Waals surface area contributed by atoms with Gasteiger partial charge in [0.15, 0.2) is 0 Å². The molecule has 1 aromatic carbocycles. The molecule has 2 heterocycles. The Bertz CT molecular complexity index is 462. The van der Waals surface area contributed by atoms with Crippen molar-refractivity contribution >= 4 is 5.69 Å². The number of piperidine rings is 1. The van der Waals surface area contributed by atoms with Crippen molar-refractivity contribution in [2.45, 2.75) is 51.6 Å². The SMILES string of the molecule is CCOc1cccc(N2CC3CCCCN3CC2CC)c1. The van der Waals surface area contributed by atoms with E-state index in [9.17, 15) is 0 Å². The lowest BCUT2D eigenvalue weighted by Crippen LogP contribution is -2.59. The fourth-order valence-corrected chi connectivity index (χ4v) is 3.84. The second-order valence-corrected chi connectivity index (χ2v) is 6.29. The van der Waals surface area contributed by atoms with Gasteiger partial charge in [-0.2, -0.15) is 0 Å². The Balaban J connectivity index is 1.80. The molecule has 2 saturated heterocycles. The van der Waals surface area contributed by atoms with Crippen molar-refractivity contribution in [2.24, 2.45) is 0 Å². The van der Waals surface area contributed by atoms with E-state index in [0.29, 0.717) is 6.04 Å². The quantitative estimate of drug-likeness (QED) is 0.843. The number of anilines is 1.